The molecule has 0 radical (unpaired) electrons. The molecule has 0 aliphatic heterocycles. The first-order valence-electron chi connectivity index (χ1n) is 4.77. The van der Waals surface area contributed by atoms with Crippen molar-refractivity contribution >= 4 is 17.3 Å². The first-order valence-corrected chi connectivity index (χ1v) is 5.15. The molecule has 1 aliphatic rings. The van der Waals surface area contributed by atoms with Crippen molar-refractivity contribution in [2.45, 2.75) is 12.8 Å². The second-order valence-corrected chi connectivity index (χ2v) is 3.97. The lowest BCUT2D eigenvalue weighted by atomic mass is 10.3. The van der Waals surface area contributed by atoms with E-state index < -0.39 is 0 Å². The normalized spacial score (nSPS) is 14.5. The number of ether oxygens (including phenoxy) is 1. The van der Waals surface area contributed by atoms with Gasteiger partial charge in [-0.15, -0.1) is 0 Å². The van der Waals surface area contributed by atoms with Crippen molar-refractivity contribution in [3.05, 3.63) is 33.7 Å². The molecule has 1 fully saturated rings. The van der Waals surface area contributed by atoms with Gasteiger partial charge in [0, 0.05) is 10.6 Å². The molecule has 15 heavy (non-hydrogen) atoms. The maximum atomic E-state index is 8.25. The fourth-order valence-electron chi connectivity index (χ4n) is 1.21. The van der Waals surface area contributed by atoms with Gasteiger partial charge in [0.05, 0.1) is 11.6 Å². The molecule has 0 aromatic heterocycles. The predicted molar refractivity (Wildman–Crippen MR) is 58.5 cm³/mol. The molecule has 0 spiro atoms. The summed E-state index contributed by atoms with van der Waals surface area (Å²) in [5, 5.41) is 3.94. The van der Waals surface area contributed by atoms with Gasteiger partial charge in [0.25, 0.3) is 0 Å². The van der Waals surface area contributed by atoms with Crippen LogP contribution in [0.1, 0.15) is 12.8 Å². The van der Waals surface area contributed by atoms with Crippen LogP contribution in [0.15, 0.2) is 23.3 Å². The Labute approximate surface area is 92.4 Å². The van der Waals surface area contributed by atoms with Crippen LogP contribution < -0.4 is 4.74 Å². The molecule has 0 N–H and O–H groups in total. The van der Waals surface area contributed by atoms with E-state index in [2.05, 4.69) is 10.0 Å². The summed E-state index contributed by atoms with van der Waals surface area (Å²) >= 11 is 5.96. The number of hydrogen-bond acceptors (Lipinski definition) is 2. The number of hydrogen-bond donors (Lipinski definition) is 0. The standard InChI is InChI=1S/C10H10ClN3O/c11-9-5-8(13-14-12)3-4-10(9)15-6-7-1-2-7/h3-5,7H,1-2,6H2. The zero-order valence-corrected chi connectivity index (χ0v) is 8.81. The van der Waals surface area contributed by atoms with E-state index in [1.54, 1.807) is 18.2 Å². The second-order valence-electron chi connectivity index (χ2n) is 3.56. The van der Waals surface area contributed by atoms with Gasteiger partial charge in [0.15, 0.2) is 0 Å². The minimum Gasteiger partial charge on any atom is -0.492 e. The number of halogens is 1. The van der Waals surface area contributed by atoms with Crippen LogP contribution >= 0.6 is 11.6 Å². The van der Waals surface area contributed by atoms with Crippen molar-refractivity contribution in [2.24, 2.45) is 11.0 Å². The van der Waals surface area contributed by atoms with Gasteiger partial charge in [-0.2, -0.15) is 0 Å². The van der Waals surface area contributed by atoms with Gasteiger partial charge in [0.2, 0.25) is 0 Å². The fraction of sp³-hybridized carbons (Fsp3) is 0.400. The van der Waals surface area contributed by atoms with Gasteiger partial charge in [-0.25, -0.2) is 0 Å². The Morgan fingerprint density at radius 3 is 2.93 bits per heavy atom. The van der Waals surface area contributed by atoms with E-state index in [4.69, 9.17) is 21.9 Å². The first-order chi connectivity index (χ1) is 7.29. The van der Waals surface area contributed by atoms with E-state index in [9.17, 15) is 0 Å². The summed E-state index contributed by atoms with van der Waals surface area (Å²) in [7, 11) is 0. The zero-order valence-electron chi connectivity index (χ0n) is 8.06. The molecule has 0 bridgehead atoms. The monoisotopic (exact) mass is 223 g/mol. The molecule has 4 nitrogen and oxygen atoms in total. The van der Waals surface area contributed by atoms with Crippen LogP contribution in [-0.4, -0.2) is 6.61 Å². The quantitative estimate of drug-likeness (QED) is 0.431. The Balaban J connectivity index is 2.06. The molecule has 0 amide bonds. The number of nitrogens with zero attached hydrogens (tertiary/aromatic N) is 3. The van der Waals surface area contributed by atoms with Crippen molar-refractivity contribution in [3.8, 4) is 5.75 Å². The van der Waals surface area contributed by atoms with Crippen LogP contribution in [0.25, 0.3) is 10.4 Å². The predicted octanol–water partition coefficient (Wildman–Crippen LogP) is 4.07. The first kappa shape index (κ1) is 10.1. The zero-order chi connectivity index (χ0) is 10.7. The Hall–Kier alpha value is -1.38. The Morgan fingerprint density at radius 1 is 1.53 bits per heavy atom. The largest absolute Gasteiger partial charge is 0.492 e. The molecule has 0 unspecified atom stereocenters. The van der Waals surface area contributed by atoms with E-state index in [1.165, 1.54) is 12.8 Å². The van der Waals surface area contributed by atoms with E-state index in [-0.39, 0.29) is 0 Å². The van der Waals surface area contributed by atoms with Crippen molar-refractivity contribution in [1.29, 1.82) is 0 Å². The minimum atomic E-state index is 0.487. The van der Waals surface area contributed by atoms with Gasteiger partial charge in [-0.3, -0.25) is 0 Å². The highest BCUT2D eigenvalue weighted by Gasteiger charge is 2.22. The maximum absolute atomic E-state index is 8.25. The van der Waals surface area contributed by atoms with Crippen LogP contribution in [0.5, 0.6) is 5.75 Å². The molecule has 1 saturated carbocycles. The summed E-state index contributed by atoms with van der Waals surface area (Å²) in [5.41, 5.74) is 8.75. The van der Waals surface area contributed by atoms with Crippen LogP contribution in [0.2, 0.25) is 5.02 Å². The summed E-state index contributed by atoms with van der Waals surface area (Å²) in [6, 6.07) is 5.02. The highest BCUT2D eigenvalue weighted by atomic mass is 35.5. The SMILES string of the molecule is [N-]=[N+]=Nc1ccc(OCC2CC2)c(Cl)c1. The van der Waals surface area contributed by atoms with Crippen LogP contribution in [0.4, 0.5) is 5.69 Å². The van der Waals surface area contributed by atoms with E-state index in [0.717, 1.165) is 6.61 Å². The minimum absolute atomic E-state index is 0.487. The van der Waals surface area contributed by atoms with Crippen molar-refractivity contribution in [1.82, 2.24) is 0 Å². The van der Waals surface area contributed by atoms with Gasteiger partial charge < -0.3 is 4.74 Å². The molecule has 78 valence electrons. The third kappa shape index (κ3) is 2.78. The van der Waals surface area contributed by atoms with Crippen molar-refractivity contribution < 1.29 is 4.74 Å². The Morgan fingerprint density at radius 2 is 2.33 bits per heavy atom. The number of rotatable bonds is 4. The van der Waals surface area contributed by atoms with E-state index in [1.807, 2.05) is 0 Å². The average molecular weight is 224 g/mol. The van der Waals surface area contributed by atoms with Gasteiger partial charge in [-0.1, -0.05) is 16.7 Å². The molecule has 0 saturated heterocycles. The Bertz CT molecular complexity index is 411. The third-order valence-electron chi connectivity index (χ3n) is 2.25. The lowest BCUT2D eigenvalue weighted by molar-refractivity contribution is 0.300. The van der Waals surface area contributed by atoms with Crippen molar-refractivity contribution in [2.75, 3.05) is 6.61 Å². The second kappa shape index (κ2) is 4.43. The van der Waals surface area contributed by atoms with Crippen molar-refractivity contribution in [3.63, 3.8) is 0 Å². The van der Waals surface area contributed by atoms with Gasteiger partial charge in [0.1, 0.15) is 5.75 Å². The highest BCUT2D eigenvalue weighted by Crippen LogP contribution is 2.33. The lowest BCUT2D eigenvalue weighted by Gasteiger charge is -2.07. The molecular weight excluding hydrogens is 214 g/mol. The van der Waals surface area contributed by atoms with E-state index in [0.29, 0.717) is 22.4 Å². The summed E-state index contributed by atoms with van der Waals surface area (Å²) < 4.78 is 5.53. The number of azide groups is 1. The van der Waals surface area contributed by atoms with Crippen LogP contribution in [-0.2, 0) is 0 Å². The molecule has 1 aliphatic carbocycles. The molecule has 5 heteroatoms. The molecule has 0 atom stereocenters. The number of benzene rings is 1. The van der Waals surface area contributed by atoms with Gasteiger partial charge >= 0.3 is 0 Å². The summed E-state index contributed by atoms with van der Waals surface area (Å²) in [6.45, 7) is 0.723. The van der Waals surface area contributed by atoms with Crippen LogP contribution in [0.3, 0.4) is 0 Å². The third-order valence-corrected chi connectivity index (χ3v) is 2.54. The van der Waals surface area contributed by atoms with Gasteiger partial charge in [-0.05, 0) is 42.5 Å². The van der Waals surface area contributed by atoms with Crippen LogP contribution in [0, 0.1) is 5.92 Å². The summed E-state index contributed by atoms with van der Waals surface area (Å²) in [4.78, 5) is 2.69. The molecule has 0 heterocycles. The molecular formula is C10H10ClN3O. The molecule has 2 rings (SSSR count). The summed E-state index contributed by atoms with van der Waals surface area (Å²) in [6.07, 6.45) is 2.49. The Kier molecular flexibility index (Phi) is 2.99. The highest BCUT2D eigenvalue weighted by molar-refractivity contribution is 6.32. The summed E-state index contributed by atoms with van der Waals surface area (Å²) in [5.74, 6) is 1.35. The topological polar surface area (TPSA) is 58.0 Å². The van der Waals surface area contributed by atoms with E-state index >= 15 is 0 Å². The average Bonchev–Trinajstić information content (AvgIpc) is 3.01. The maximum Gasteiger partial charge on any atom is 0.137 e. The smallest absolute Gasteiger partial charge is 0.137 e. The fourth-order valence-corrected chi connectivity index (χ4v) is 1.44. The lowest BCUT2D eigenvalue weighted by Crippen LogP contribution is -1.98. The molecule has 1 aromatic rings. The molecule has 1 aromatic carbocycles.